The van der Waals surface area contributed by atoms with Crippen molar-refractivity contribution in [3.05, 3.63) is 60.2 Å². The second kappa shape index (κ2) is 8.11. The van der Waals surface area contributed by atoms with Gasteiger partial charge in [-0.1, -0.05) is 36.8 Å². The van der Waals surface area contributed by atoms with E-state index in [0.29, 0.717) is 4.90 Å². The highest BCUT2D eigenvalue weighted by Crippen LogP contribution is 2.39. The predicted octanol–water partition coefficient (Wildman–Crippen LogP) is 3.83. The van der Waals surface area contributed by atoms with Crippen LogP contribution in [-0.2, 0) is 22.8 Å². The third-order valence-corrected chi connectivity index (χ3v) is 7.88. The van der Waals surface area contributed by atoms with Crippen molar-refractivity contribution in [3.8, 4) is 11.4 Å². The number of hydrogen-bond acceptors (Lipinski definition) is 5. The monoisotopic (exact) mass is 436 g/mol. The van der Waals surface area contributed by atoms with Gasteiger partial charge in [-0.15, -0.1) is 10.2 Å². The van der Waals surface area contributed by atoms with Gasteiger partial charge < -0.3 is 4.90 Å². The minimum atomic E-state index is -3.23. The van der Waals surface area contributed by atoms with Crippen molar-refractivity contribution in [3.63, 3.8) is 0 Å². The van der Waals surface area contributed by atoms with E-state index < -0.39 is 9.84 Å². The molecule has 3 aromatic rings. The van der Waals surface area contributed by atoms with Crippen LogP contribution in [0.1, 0.15) is 24.8 Å². The van der Waals surface area contributed by atoms with Gasteiger partial charge in [0.2, 0.25) is 5.95 Å². The molecule has 2 fully saturated rings. The lowest BCUT2D eigenvalue weighted by molar-refractivity contribution is 0.494. The van der Waals surface area contributed by atoms with E-state index in [1.165, 1.54) is 31.1 Å². The molecule has 1 saturated carbocycles. The first-order valence-electron chi connectivity index (χ1n) is 11.0. The van der Waals surface area contributed by atoms with Crippen LogP contribution < -0.4 is 4.90 Å². The lowest BCUT2D eigenvalue weighted by Crippen LogP contribution is -2.25. The molecule has 1 aliphatic carbocycles. The maximum atomic E-state index is 11.8. The number of nitrogens with zero attached hydrogens (tertiary/aromatic N) is 4. The van der Waals surface area contributed by atoms with Crippen LogP contribution in [-0.4, -0.2) is 42.5 Å². The number of benzene rings is 2. The van der Waals surface area contributed by atoms with Crippen LogP contribution >= 0.6 is 0 Å². The van der Waals surface area contributed by atoms with Gasteiger partial charge in [0.1, 0.15) is 0 Å². The molecule has 31 heavy (non-hydrogen) atoms. The molecular weight excluding hydrogens is 408 g/mol. The minimum absolute atomic E-state index is 0.319. The summed E-state index contributed by atoms with van der Waals surface area (Å²) in [6, 6.07) is 17.4. The topological polar surface area (TPSA) is 68.1 Å². The summed E-state index contributed by atoms with van der Waals surface area (Å²) in [5.74, 6) is 3.28. The van der Waals surface area contributed by atoms with Gasteiger partial charge in [-0.2, -0.15) is 0 Å². The number of hydrogen-bond donors (Lipinski definition) is 0. The Labute approximate surface area is 183 Å². The zero-order valence-corrected chi connectivity index (χ0v) is 18.6. The molecule has 2 atom stereocenters. The molecule has 0 bridgehead atoms. The second-order valence-corrected chi connectivity index (χ2v) is 10.9. The molecule has 6 nitrogen and oxygen atoms in total. The molecule has 7 heteroatoms. The Morgan fingerprint density at radius 2 is 1.61 bits per heavy atom. The van der Waals surface area contributed by atoms with Crippen LogP contribution in [0.2, 0.25) is 0 Å². The third kappa shape index (κ3) is 4.11. The van der Waals surface area contributed by atoms with E-state index >= 15 is 0 Å². The fourth-order valence-corrected chi connectivity index (χ4v) is 5.71. The Balaban J connectivity index is 1.47. The number of sulfone groups is 1. The van der Waals surface area contributed by atoms with Gasteiger partial charge in [-0.25, -0.2) is 8.42 Å². The van der Waals surface area contributed by atoms with Crippen molar-refractivity contribution in [2.75, 3.05) is 24.2 Å². The van der Waals surface area contributed by atoms with Crippen molar-refractivity contribution in [2.24, 2.45) is 11.8 Å². The van der Waals surface area contributed by atoms with Crippen LogP contribution in [0.3, 0.4) is 0 Å². The smallest absolute Gasteiger partial charge is 0.227 e. The number of fused-ring (bicyclic) bond motifs is 1. The number of anilines is 1. The lowest BCUT2D eigenvalue weighted by Gasteiger charge is -2.20. The second-order valence-electron chi connectivity index (χ2n) is 8.86. The average Bonchev–Trinajstić information content (AvgIpc) is 3.47. The molecule has 2 aromatic carbocycles. The highest BCUT2D eigenvalue weighted by Gasteiger charge is 2.38. The molecule has 0 amide bonds. The number of aryl methyl sites for hydroxylation is 1. The summed E-state index contributed by atoms with van der Waals surface area (Å²) < 4.78 is 25.9. The van der Waals surface area contributed by atoms with Crippen molar-refractivity contribution >= 4 is 15.8 Å². The Morgan fingerprint density at radius 1 is 0.935 bits per heavy atom. The predicted molar refractivity (Wildman–Crippen MR) is 122 cm³/mol. The van der Waals surface area contributed by atoms with E-state index in [4.69, 9.17) is 0 Å². The van der Waals surface area contributed by atoms with Crippen molar-refractivity contribution in [2.45, 2.75) is 37.1 Å². The average molecular weight is 437 g/mol. The first kappa shape index (κ1) is 20.2. The van der Waals surface area contributed by atoms with Crippen LogP contribution in [0.4, 0.5) is 5.95 Å². The Bertz CT molecular complexity index is 1140. The summed E-state index contributed by atoms with van der Waals surface area (Å²) in [5, 5.41) is 9.16. The van der Waals surface area contributed by atoms with Gasteiger partial charge in [0.25, 0.3) is 0 Å². The minimum Gasteiger partial charge on any atom is -0.340 e. The van der Waals surface area contributed by atoms with E-state index in [9.17, 15) is 8.42 Å². The quantitative estimate of drug-likeness (QED) is 0.587. The maximum Gasteiger partial charge on any atom is 0.227 e. The van der Waals surface area contributed by atoms with Gasteiger partial charge in [0.15, 0.2) is 15.7 Å². The van der Waals surface area contributed by atoms with E-state index in [1.807, 2.05) is 18.2 Å². The zero-order valence-electron chi connectivity index (χ0n) is 17.8. The van der Waals surface area contributed by atoms with Gasteiger partial charge in [-0.3, -0.25) is 4.57 Å². The summed E-state index contributed by atoms with van der Waals surface area (Å²) in [5.41, 5.74) is 2.16. The molecule has 1 aliphatic heterocycles. The van der Waals surface area contributed by atoms with E-state index in [0.717, 1.165) is 55.2 Å². The molecule has 2 aliphatic rings. The first-order chi connectivity index (χ1) is 15.0. The fraction of sp³-hybridized carbons (Fsp3) is 0.417. The van der Waals surface area contributed by atoms with Gasteiger partial charge in [-0.05, 0) is 60.9 Å². The Hall–Kier alpha value is -2.67. The number of aromatic nitrogens is 3. The third-order valence-electron chi connectivity index (χ3n) is 6.75. The number of rotatable bonds is 6. The van der Waals surface area contributed by atoms with Crippen LogP contribution in [0.25, 0.3) is 11.4 Å². The van der Waals surface area contributed by atoms with Crippen LogP contribution in [0.5, 0.6) is 0 Å². The van der Waals surface area contributed by atoms with Gasteiger partial charge >= 0.3 is 0 Å². The first-order valence-corrected chi connectivity index (χ1v) is 12.9. The molecule has 2 heterocycles. The standard InChI is InChI=1S/C24H28N4O2S/c1-31(29,30)22-12-10-19(11-13-22)23-25-26-24(27-16-20-8-5-9-21(20)17-27)28(23)15-14-18-6-3-2-4-7-18/h2-4,6-7,10-13,20-21H,5,8-9,14-17H2,1H3/t20-,21+. The summed E-state index contributed by atoms with van der Waals surface area (Å²) in [6.45, 7) is 2.89. The molecule has 0 spiro atoms. The SMILES string of the molecule is CS(=O)(=O)c1ccc(-c2nnc(N3C[C@H]4CCC[C@H]4C3)n2CCc2ccccc2)cc1. The van der Waals surface area contributed by atoms with E-state index in [2.05, 4.69) is 43.9 Å². The molecule has 0 unspecified atom stereocenters. The molecule has 1 aromatic heterocycles. The maximum absolute atomic E-state index is 11.8. The van der Waals surface area contributed by atoms with Crippen LogP contribution in [0.15, 0.2) is 59.5 Å². The Kier molecular flexibility index (Phi) is 5.30. The molecule has 0 N–H and O–H groups in total. The fourth-order valence-electron chi connectivity index (χ4n) is 5.08. The van der Waals surface area contributed by atoms with Crippen molar-refractivity contribution < 1.29 is 8.42 Å². The van der Waals surface area contributed by atoms with Gasteiger partial charge in [0.05, 0.1) is 4.90 Å². The van der Waals surface area contributed by atoms with Gasteiger partial charge in [0, 0.05) is 31.5 Å². The highest BCUT2D eigenvalue weighted by molar-refractivity contribution is 7.90. The Morgan fingerprint density at radius 3 is 2.26 bits per heavy atom. The molecule has 5 rings (SSSR count). The highest BCUT2D eigenvalue weighted by atomic mass is 32.2. The summed E-state index contributed by atoms with van der Waals surface area (Å²) in [7, 11) is -3.23. The molecule has 1 saturated heterocycles. The summed E-state index contributed by atoms with van der Waals surface area (Å²) in [6.07, 6.45) is 6.10. The summed E-state index contributed by atoms with van der Waals surface area (Å²) >= 11 is 0. The van der Waals surface area contributed by atoms with Crippen molar-refractivity contribution in [1.82, 2.24) is 14.8 Å². The van der Waals surface area contributed by atoms with E-state index in [1.54, 1.807) is 12.1 Å². The zero-order chi connectivity index (χ0) is 21.4. The molecular formula is C24H28N4O2S. The lowest BCUT2D eigenvalue weighted by atomic mass is 10.0. The normalized spacial score (nSPS) is 20.9. The largest absolute Gasteiger partial charge is 0.340 e. The van der Waals surface area contributed by atoms with Crippen molar-refractivity contribution in [1.29, 1.82) is 0 Å². The summed E-state index contributed by atoms with van der Waals surface area (Å²) in [4.78, 5) is 2.72. The molecule has 162 valence electrons. The van der Waals surface area contributed by atoms with E-state index in [-0.39, 0.29) is 0 Å². The van der Waals surface area contributed by atoms with Crippen LogP contribution in [0, 0.1) is 11.8 Å². The molecule has 0 radical (unpaired) electrons.